The predicted molar refractivity (Wildman–Crippen MR) is 79.8 cm³/mol. The Hall–Kier alpha value is -2.18. The number of hydrogen-bond acceptors (Lipinski definition) is 0. The highest BCUT2D eigenvalue weighted by Gasteiger charge is 1.89. The van der Waals surface area contributed by atoms with Gasteiger partial charge in [-0.25, -0.2) is 0 Å². The second-order valence-corrected chi connectivity index (χ2v) is 2.85. The Bertz CT molecular complexity index is 441. The van der Waals surface area contributed by atoms with Gasteiger partial charge in [-0.05, 0) is 17.7 Å². The molecule has 0 aliphatic heterocycles. The normalized spacial score (nSPS) is 7.24. The lowest BCUT2D eigenvalue weighted by Crippen LogP contribution is -1.73. The van der Waals surface area contributed by atoms with Gasteiger partial charge in [0.25, 0.3) is 0 Å². The van der Waals surface area contributed by atoms with Crippen molar-refractivity contribution in [2.75, 3.05) is 0 Å². The second kappa shape index (κ2) is 11.9. The summed E-state index contributed by atoms with van der Waals surface area (Å²) in [5.41, 5.74) is 1.32. The van der Waals surface area contributed by atoms with Crippen LogP contribution < -0.4 is 0 Å². The first-order chi connectivity index (χ1) is 8.36. The van der Waals surface area contributed by atoms with E-state index in [4.69, 9.17) is 0 Å². The Balaban J connectivity index is 0. The highest BCUT2D eigenvalue weighted by molar-refractivity contribution is 5.82. The Labute approximate surface area is 106 Å². The average molecular weight is 224 g/mol. The van der Waals surface area contributed by atoms with E-state index in [1.807, 2.05) is 13.8 Å². The molecule has 0 fully saturated rings. The maximum Gasteiger partial charge on any atom is -0.0181 e. The van der Waals surface area contributed by atoms with Crippen LogP contribution >= 0.6 is 0 Å². The van der Waals surface area contributed by atoms with Crippen LogP contribution in [0.15, 0.2) is 42.5 Å². The molecule has 0 nitrogen and oxygen atoms in total. The first kappa shape index (κ1) is 17.2. The van der Waals surface area contributed by atoms with Crippen molar-refractivity contribution in [3.05, 3.63) is 48.0 Å². The van der Waals surface area contributed by atoms with Gasteiger partial charge < -0.3 is 0 Å². The minimum absolute atomic E-state index is 1.32. The van der Waals surface area contributed by atoms with Crippen molar-refractivity contribution in [2.24, 2.45) is 0 Å². The standard InChI is InChI=1S/C11H10.C2H6.2C2H2/c1-9-6-7-10-4-2-3-5-11(10)8-9;3*1-2/h2-8H,1H3;1-2H3;2*1-2H. The van der Waals surface area contributed by atoms with Gasteiger partial charge in [-0.15, -0.1) is 25.7 Å². The molecule has 2 aromatic carbocycles. The predicted octanol–water partition coefficient (Wildman–Crippen LogP) is 4.67. The summed E-state index contributed by atoms with van der Waals surface area (Å²) in [4.78, 5) is 0. The van der Waals surface area contributed by atoms with Crippen LogP contribution in [0.3, 0.4) is 0 Å². The molecule has 0 heterocycles. The fraction of sp³-hybridized carbons (Fsp3) is 0.176. The Morgan fingerprint density at radius 2 is 1.18 bits per heavy atom. The monoisotopic (exact) mass is 224 g/mol. The summed E-state index contributed by atoms with van der Waals surface area (Å²) in [6.07, 6.45) is 16.0. The lowest BCUT2D eigenvalue weighted by Gasteiger charge is -1.96. The van der Waals surface area contributed by atoms with Crippen molar-refractivity contribution >= 4 is 10.8 Å². The van der Waals surface area contributed by atoms with E-state index in [1.165, 1.54) is 16.3 Å². The van der Waals surface area contributed by atoms with Gasteiger partial charge >= 0.3 is 0 Å². The van der Waals surface area contributed by atoms with Gasteiger partial charge in [0, 0.05) is 0 Å². The molecule has 17 heavy (non-hydrogen) atoms. The fourth-order valence-corrected chi connectivity index (χ4v) is 1.31. The first-order valence-electron chi connectivity index (χ1n) is 5.48. The van der Waals surface area contributed by atoms with Crippen LogP contribution in [0.5, 0.6) is 0 Å². The van der Waals surface area contributed by atoms with Crippen molar-refractivity contribution in [2.45, 2.75) is 20.8 Å². The van der Waals surface area contributed by atoms with Gasteiger partial charge in [-0.3, -0.25) is 0 Å². The van der Waals surface area contributed by atoms with Gasteiger partial charge in [0.05, 0.1) is 0 Å². The van der Waals surface area contributed by atoms with Crippen LogP contribution in [-0.4, -0.2) is 0 Å². The van der Waals surface area contributed by atoms with E-state index in [9.17, 15) is 0 Å². The summed E-state index contributed by atoms with van der Waals surface area (Å²) in [7, 11) is 0. The number of aryl methyl sites for hydroxylation is 1. The Morgan fingerprint density at radius 1 is 0.706 bits per heavy atom. The van der Waals surface area contributed by atoms with Crippen LogP contribution in [0.4, 0.5) is 0 Å². The Morgan fingerprint density at radius 3 is 1.71 bits per heavy atom. The summed E-state index contributed by atoms with van der Waals surface area (Å²) in [6, 6.07) is 14.9. The maximum absolute atomic E-state index is 4.00. The van der Waals surface area contributed by atoms with Gasteiger partial charge in [-0.1, -0.05) is 61.9 Å². The SMILES string of the molecule is C#C.C#C.CC.Cc1ccc2ccccc2c1. The fourth-order valence-electron chi connectivity index (χ4n) is 1.31. The van der Waals surface area contributed by atoms with Gasteiger partial charge in [0.1, 0.15) is 0 Å². The molecule has 0 bridgehead atoms. The molecular weight excluding hydrogens is 204 g/mol. The smallest absolute Gasteiger partial charge is 0.0181 e. The zero-order valence-electron chi connectivity index (χ0n) is 10.9. The van der Waals surface area contributed by atoms with Crippen molar-refractivity contribution < 1.29 is 0 Å². The van der Waals surface area contributed by atoms with E-state index in [0.29, 0.717) is 0 Å². The van der Waals surface area contributed by atoms with Crippen molar-refractivity contribution in [3.8, 4) is 25.7 Å². The van der Waals surface area contributed by atoms with E-state index >= 15 is 0 Å². The van der Waals surface area contributed by atoms with Gasteiger partial charge in [0.15, 0.2) is 0 Å². The first-order valence-corrected chi connectivity index (χ1v) is 5.48. The Kier molecular flexibility index (Phi) is 12.0. The molecule has 0 atom stereocenters. The summed E-state index contributed by atoms with van der Waals surface area (Å²) >= 11 is 0. The van der Waals surface area contributed by atoms with Crippen LogP contribution in [0.25, 0.3) is 10.8 Å². The summed E-state index contributed by atoms with van der Waals surface area (Å²) in [5, 5.41) is 2.64. The zero-order valence-corrected chi connectivity index (χ0v) is 10.9. The molecule has 0 saturated heterocycles. The van der Waals surface area contributed by atoms with Crippen molar-refractivity contribution in [1.29, 1.82) is 0 Å². The number of benzene rings is 2. The number of rotatable bonds is 0. The molecule has 0 heteroatoms. The average Bonchev–Trinajstić information content (AvgIpc) is 2.45. The lowest BCUT2D eigenvalue weighted by molar-refractivity contribution is 1.50. The van der Waals surface area contributed by atoms with Gasteiger partial charge in [0.2, 0.25) is 0 Å². The second-order valence-electron chi connectivity index (χ2n) is 2.85. The number of terminal acetylenes is 2. The minimum Gasteiger partial charge on any atom is -0.124 e. The highest BCUT2D eigenvalue weighted by atomic mass is 13.9. The molecule has 0 aliphatic carbocycles. The molecule has 0 radical (unpaired) electrons. The molecular formula is C17H20. The lowest BCUT2D eigenvalue weighted by atomic mass is 10.1. The minimum atomic E-state index is 1.32. The molecule has 88 valence electrons. The van der Waals surface area contributed by atoms with Crippen molar-refractivity contribution in [1.82, 2.24) is 0 Å². The van der Waals surface area contributed by atoms with Crippen LogP contribution in [0.1, 0.15) is 19.4 Å². The van der Waals surface area contributed by atoms with E-state index < -0.39 is 0 Å². The largest absolute Gasteiger partial charge is 0.124 e. The van der Waals surface area contributed by atoms with E-state index in [-0.39, 0.29) is 0 Å². The third-order valence-electron chi connectivity index (χ3n) is 1.90. The molecule has 0 saturated carbocycles. The topological polar surface area (TPSA) is 0 Å². The summed E-state index contributed by atoms with van der Waals surface area (Å²) in [6.45, 7) is 6.12. The highest BCUT2D eigenvalue weighted by Crippen LogP contribution is 2.14. The zero-order chi connectivity index (χ0) is 13.7. The van der Waals surface area contributed by atoms with E-state index in [1.54, 1.807) is 0 Å². The summed E-state index contributed by atoms with van der Waals surface area (Å²) < 4.78 is 0. The van der Waals surface area contributed by atoms with Gasteiger partial charge in [-0.2, -0.15) is 0 Å². The molecule has 0 aliphatic rings. The van der Waals surface area contributed by atoms with Crippen molar-refractivity contribution in [3.63, 3.8) is 0 Å². The van der Waals surface area contributed by atoms with E-state index in [2.05, 4.69) is 75.1 Å². The molecule has 2 rings (SSSR count). The number of fused-ring (bicyclic) bond motifs is 1. The third kappa shape index (κ3) is 6.08. The molecule has 0 spiro atoms. The van der Waals surface area contributed by atoms with E-state index in [0.717, 1.165) is 0 Å². The van der Waals surface area contributed by atoms with Crippen LogP contribution in [0.2, 0.25) is 0 Å². The number of hydrogen-bond donors (Lipinski definition) is 0. The third-order valence-corrected chi connectivity index (χ3v) is 1.90. The molecule has 0 aromatic heterocycles. The molecule has 0 unspecified atom stereocenters. The summed E-state index contributed by atoms with van der Waals surface area (Å²) in [5.74, 6) is 0. The molecule has 0 amide bonds. The van der Waals surface area contributed by atoms with Crippen LogP contribution in [-0.2, 0) is 0 Å². The van der Waals surface area contributed by atoms with Crippen LogP contribution in [0, 0.1) is 32.6 Å². The molecule has 0 N–H and O–H groups in total. The quantitative estimate of drug-likeness (QED) is 0.570. The maximum atomic E-state index is 4.00. The molecule has 2 aromatic rings.